The molecule has 0 aliphatic rings. The van der Waals surface area contributed by atoms with Gasteiger partial charge >= 0.3 is 0 Å². The number of benzene rings is 2. The monoisotopic (exact) mass is 431 g/mol. The van der Waals surface area contributed by atoms with Crippen molar-refractivity contribution in [3.63, 3.8) is 0 Å². The van der Waals surface area contributed by atoms with Gasteiger partial charge in [0.1, 0.15) is 5.52 Å². The van der Waals surface area contributed by atoms with Gasteiger partial charge in [-0.25, -0.2) is 18.4 Å². The standard InChI is InChI=1S/C19H17N3O3S3/c1-12-20-17-15(26-12)8-7-14-18(17)27-19(21-14)22-16(23)9-10-28(24,25)11-13-5-3-2-4-6-13/h2-8H,9-11H2,1H3,(H,21,22,23). The average Bonchev–Trinajstić information content (AvgIpc) is 3.22. The summed E-state index contributed by atoms with van der Waals surface area (Å²) in [5.41, 5.74) is 2.38. The van der Waals surface area contributed by atoms with Gasteiger partial charge in [0.05, 0.1) is 31.4 Å². The van der Waals surface area contributed by atoms with Crippen molar-refractivity contribution in [3.05, 3.63) is 53.0 Å². The lowest BCUT2D eigenvalue weighted by atomic mass is 10.2. The van der Waals surface area contributed by atoms with Crippen molar-refractivity contribution >= 4 is 64.0 Å². The molecule has 4 rings (SSSR count). The molecule has 0 saturated carbocycles. The van der Waals surface area contributed by atoms with E-state index in [1.54, 1.807) is 35.6 Å². The molecule has 0 unspecified atom stereocenters. The molecule has 0 saturated heterocycles. The van der Waals surface area contributed by atoms with Crippen LogP contribution in [0.3, 0.4) is 0 Å². The summed E-state index contributed by atoms with van der Waals surface area (Å²) in [6, 6.07) is 12.8. The van der Waals surface area contributed by atoms with Crippen molar-refractivity contribution in [1.82, 2.24) is 9.97 Å². The molecule has 6 nitrogen and oxygen atoms in total. The lowest BCUT2D eigenvalue weighted by Crippen LogP contribution is -2.18. The van der Waals surface area contributed by atoms with Crippen LogP contribution in [0.5, 0.6) is 0 Å². The second-order valence-electron chi connectivity index (χ2n) is 6.39. The molecular formula is C19H17N3O3S3. The number of carbonyl (C=O) groups is 1. The maximum Gasteiger partial charge on any atom is 0.227 e. The maximum absolute atomic E-state index is 12.2. The third kappa shape index (κ3) is 4.21. The van der Waals surface area contributed by atoms with Crippen LogP contribution in [-0.4, -0.2) is 30.0 Å². The quantitative estimate of drug-likeness (QED) is 0.495. The van der Waals surface area contributed by atoms with Crippen LogP contribution in [0.2, 0.25) is 0 Å². The number of nitrogens with one attached hydrogen (secondary N) is 1. The van der Waals surface area contributed by atoms with Crippen molar-refractivity contribution in [1.29, 1.82) is 0 Å². The highest BCUT2D eigenvalue weighted by Crippen LogP contribution is 2.34. The van der Waals surface area contributed by atoms with E-state index in [9.17, 15) is 13.2 Å². The topological polar surface area (TPSA) is 89.0 Å². The molecule has 2 heterocycles. The van der Waals surface area contributed by atoms with E-state index in [-0.39, 0.29) is 23.8 Å². The van der Waals surface area contributed by atoms with Crippen molar-refractivity contribution in [2.45, 2.75) is 19.1 Å². The Kier molecular flexibility index (Phi) is 5.13. The smallest absolute Gasteiger partial charge is 0.227 e. The number of aromatic nitrogens is 2. The number of nitrogens with zero attached hydrogens (tertiary/aromatic N) is 2. The van der Waals surface area contributed by atoms with E-state index >= 15 is 0 Å². The number of amides is 1. The van der Waals surface area contributed by atoms with E-state index in [4.69, 9.17) is 0 Å². The minimum absolute atomic E-state index is 0.0661. The second-order valence-corrected chi connectivity index (χ2v) is 10.8. The van der Waals surface area contributed by atoms with Gasteiger partial charge in [0.15, 0.2) is 15.0 Å². The third-order valence-electron chi connectivity index (χ3n) is 4.14. The fourth-order valence-corrected chi connectivity index (χ4v) is 6.09. The van der Waals surface area contributed by atoms with Crippen LogP contribution < -0.4 is 5.32 Å². The van der Waals surface area contributed by atoms with Crippen LogP contribution in [0.25, 0.3) is 20.4 Å². The van der Waals surface area contributed by atoms with E-state index in [0.29, 0.717) is 5.13 Å². The molecule has 1 N–H and O–H groups in total. The van der Waals surface area contributed by atoms with E-state index in [2.05, 4.69) is 15.3 Å². The number of rotatable bonds is 6. The molecule has 9 heteroatoms. The Labute approximate surface area is 170 Å². The molecule has 0 aliphatic heterocycles. The Bertz CT molecular complexity index is 1260. The highest BCUT2D eigenvalue weighted by Gasteiger charge is 2.16. The molecule has 4 aromatic rings. The lowest BCUT2D eigenvalue weighted by Gasteiger charge is -2.04. The zero-order valence-electron chi connectivity index (χ0n) is 15.0. The predicted octanol–water partition coefficient (Wildman–Crippen LogP) is 4.16. The molecule has 2 aromatic carbocycles. The summed E-state index contributed by atoms with van der Waals surface area (Å²) in [7, 11) is -3.36. The first-order valence-corrected chi connectivity index (χ1v) is 12.1. The lowest BCUT2D eigenvalue weighted by molar-refractivity contribution is -0.115. The van der Waals surface area contributed by atoms with E-state index < -0.39 is 9.84 Å². The molecule has 28 heavy (non-hydrogen) atoms. The first-order chi connectivity index (χ1) is 13.4. The summed E-state index contributed by atoms with van der Waals surface area (Å²) in [5.74, 6) is -0.626. The molecule has 0 bridgehead atoms. The summed E-state index contributed by atoms with van der Waals surface area (Å²) >= 11 is 2.97. The van der Waals surface area contributed by atoms with Crippen molar-refractivity contribution in [3.8, 4) is 0 Å². The zero-order chi connectivity index (χ0) is 19.7. The van der Waals surface area contributed by atoms with Crippen LogP contribution in [0.1, 0.15) is 17.0 Å². The number of hydrogen-bond acceptors (Lipinski definition) is 7. The number of sulfone groups is 1. The first kappa shape index (κ1) is 19.0. The molecule has 0 aliphatic carbocycles. The minimum atomic E-state index is -3.36. The maximum atomic E-state index is 12.2. The fraction of sp³-hybridized carbons (Fsp3) is 0.211. The Morgan fingerprint density at radius 3 is 2.64 bits per heavy atom. The van der Waals surface area contributed by atoms with Crippen LogP contribution in [0.4, 0.5) is 5.13 Å². The van der Waals surface area contributed by atoms with E-state index in [1.165, 1.54) is 11.3 Å². The molecular weight excluding hydrogens is 414 g/mol. The Hall–Kier alpha value is -2.36. The van der Waals surface area contributed by atoms with Crippen LogP contribution in [0, 0.1) is 6.92 Å². The minimum Gasteiger partial charge on any atom is -0.302 e. The van der Waals surface area contributed by atoms with Gasteiger partial charge in [-0.15, -0.1) is 11.3 Å². The summed E-state index contributed by atoms with van der Waals surface area (Å²) < 4.78 is 26.5. The summed E-state index contributed by atoms with van der Waals surface area (Å²) in [5, 5.41) is 4.15. The first-order valence-electron chi connectivity index (χ1n) is 8.60. The van der Waals surface area contributed by atoms with Crippen molar-refractivity contribution in [2.24, 2.45) is 0 Å². The van der Waals surface area contributed by atoms with Crippen LogP contribution in [-0.2, 0) is 20.4 Å². The molecule has 0 spiro atoms. The second kappa shape index (κ2) is 7.57. The van der Waals surface area contributed by atoms with Gasteiger partial charge in [0.25, 0.3) is 0 Å². The summed E-state index contributed by atoms with van der Waals surface area (Å²) in [4.78, 5) is 21.2. The number of fused-ring (bicyclic) bond motifs is 3. The Morgan fingerprint density at radius 1 is 1.07 bits per heavy atom. The Morgan fingerprint density at radius 2 is 1.86 bits per heavy atom. The third-order valence-corrected chi connectivity index (χ3v) is 7.67. The summed E-state index contributed by atoms with van der Waals surface area (Å²) in [6.45, 7) is 1.95. The zero-order valence-corrected chi connectivity index (χ0v) is 17.5. The van der Waals surface area contributed by atoms with Gasteiger partial charge in [0, 0.05) is 6.42 Å². The predicted molar refractivity (Wildman–Crippen MR) is 115 cm³/mol. The molecule has 1 amide bonds. The van der Waals surface area contributed by atoms with Crippen LogP contribution in [0.15, 0.2) is 42.5 Å². The van der Waals surface area contributed by atoms with Gasteiger partial charge in [-0.1, -0.05) is 41.7 Å². The number of hydrogen-bond donors (Lipinski definition) is 1. The van der Waals surface area contributed by atoms with Crippen molar-refractivity contribution < 1.29 is 13.2 Å². The highest BCUT2D eigenvalue weighted by molar-refractivity contribution is 7.90. The largest absolute Gasteiger partial charge is 0.302 e. The highest BCUT2D eigenvalue weighted by atomic mass is 32.2. The molecule has 0 atom stereocenters. The van der Waals surface area contributed by atoms with Gasteiger partial charge in [0.2, 0.25) is 5.91 Å². The van der Waals surface area contributed by atoms with Gasteiger partial charge in [-0.2, -0.15) is 0 Å². The van der Waals surface area contributed by atoms with Gasteiger partial charge < -0.3 is 5.32 Å². The summed E-state index contributed by atoms with van der Waals surface area (Å²) in [6.07, 6.45) is -0.101. The van der Waals surface area contributed by atoms with Crippen molar-refractivity contribution in [2.75, 3.05) is 11.1 Å². The number of aryl methyl sites for hydroxylation is 1. The number of anilines is 1. The van der Waals surface area contributed by atoms with Gasteiger partial charge in [-0.3, -0.25) is 4.79 Å². The fourth-order valence-electron chi connectivity index (χ4n) is 2.87. The molecule has 144 valence electrons. The SMILES string of the molecule is Cc1nc2c(ccc3nc(NC(=O)CCS(=O)(=O)Cc4ccccc4)sc32)s1. The number of carbonyl (C=O) groups excluding carboxylic acids is 1. The van der Waals surface area contributed by atoms with Gasteiger partial charge in [-0.05, 0) is 24.6 Å². The molecule has 2 aromatic heterocycles. The number of thiazole rings is 2. The molecule has 0 radical (unpaired) electrons. The normalized spacial score (nSPS) is 11.9. The average molecular weight is 432 g/mol. The molecule has 0 fully saturated rings. The van der Waals surface area contributed by atoms with E-state index in [0.717, 1.165) is 31.0 Å². The van der Waals surface area contributed by atoms with E-state index in [1.807, 2.05) is 25.1 Å². The van der Waals surface area contributed by atoms with Crippen LogP contribution >= 0.6 is 22.7 Å². The Balaban J connectivity index is 1.43.